The number of aryl methyl sites for hydroxylation is 2. The number of ketones is 1. The van der Waals surface area contributed by atoms with E-state index in [0.29, 0.717) is 15.6 Å². The first kappa shape index (κ1) is 22.0. The second kappa shape index (κ2) is 8.01. The summed E-state index contributed by atoms with van der Waals surface area (Å²) in [7, 11) is 0. The van der Waals surface area contributed by atoms with E-state index < -0.39 is 5.54 Å². The minimum Gasteiger partial charge on any atom is -0.365 e. The van der Waals surface area contributed by atoms with Gasteiger partial charge in [-0.05, 0) is 73.5 Å². The van der Waals surface area contributed by atoms with Crippen LogP contribution < -0.4 is 5.32 Å². The van der Waals surface area contributed by atoms with Gasteiger partial charge in [0.2, 0.25) is 0 Å². The van der Waals surface area contributed by atoms with E-state index in [1.54, 1.807) is 0 Å². The lowest BCUT2D eigenvalue weighted by Gasteiger charge is -2.31. The van der Waals surface area contributed by atoms with Gasteiger partial charge in [-0.3, -0.25) is 4.79 Å². The molecule has 3 nitrogen and oxygen atoms in total. The molecule has 4 aromatic carbocycles. The number of carbonyl (C=O) groups is 1. The zero-order valence-corrected chi connectivity index (χ0v) is 20.8. The lowest BCUT2D eigenvalue weighted by Crippen LogP contribution is -2.40. The molecule has 0 spiro atoms. The predicted octanol–water partition coefficient (Wildman–Crippen LogP) is 8.31. The fourth-order valence-electron chi connectivity index (χ4n) is 5.22. The molecule has 1 aromatic heterocycles. The SMILES string of the molecule is Cc1ccc2c(c1)C(=O)C(c1cccc(Cl)c1)(c1c(-c3cccc(Cl)c3)[nH]c3ccc(C)cc13)N2. The fraction of sp³-hybridized carbons (Fsp3) is 0.100. The van der Waals surface area contributed by atoms with Crippen molar-refractivity contribution in [2.24, 2.45) is 0 Å². The maximum atomic E-state index is 14.5. The number of fused-ring (bicyclic) bond motifs is 2. The predicted molar refractivity (Wildman–Crippen MR) is 145 cm³/mol. The summed E-state index contributed by atoms with van der Waals surface area (Å²) in [6.07, 6.45) is 0. The van der Waals surface area contributed by atoms with Crippen LogP contribution in [0.2, 0.25) is 10.0 Å². The van der Waals surface area contributed by atoms with Gasteiger partial charge in [0, 0.05) is 37.8 Å². The van der Waals surface area contributed by atoms with Gasteiger partial charge in [0.25, 0.3) is 0 Å². The molecule has 35 heavy (non-hydrogen) atoms. The normalized spacial score (nSPS) is 17.0. The Kier molecular flexibility index (Phi) is 5.03. The van der Waals surface area contributed by atoms with Gasteiger partial charge in [0.05, 0.1) is 5.69 Å². The van der Waals surface area contributed by atoms with Crippen molar-refractivity contribution >= 4 is 45.6 Å². The molecule has 0 bridgehead atoms. The summed E-state index contributed by atoms with van der Waals surface area (Å²) in [4.78, 5) is 18.1. The number of hydrogen-bond acceptors (Lipinski definition) is 2. The molecule has 1 aliphatic rings. The number of halogens is 2. The topological polar surface area (TPSA) is 44.9 Å². The molecule has 1 aliphatic heterocycles. The molecular weight excluding hydrogens is 475 g/mol. The summed E-state index contributed by atoms with van der Waals surface area (Å²) in [5, 5.41) is 5.83. The Balaban J connectivity index is 1.76. The van der Waals surface area contributed by atoms with Crippen LogP contribution in [0.25, 0.3) is 22.2 Å². The average molecular weight is 497 g/mol. The number of benzene rings is 4. The summed E-state index contributed by atoms with van der Waals surface area (Å²) < 4.78 is 0. The van der Waals surface area contributed by atoms with E-state index in [-0.39, 0.29) is 5.78 Å². The first-order chi connectivity index (χ1) is 16.9. The molecular formula is C30H22Cl2N2O. The zero-order valence-electron chi connectivity index (χ0n) is 19.2. The molecule has 2 heterocycles. The van der Waals surface area contributed by atoms with Crippen molar-refractivity contribution in [3.05, 3.63) is 123 Å². The van der Waals surface area contributed by atoms with Crippen LogP contribution >= 0.6 is 23.2 Å². The molecule has 5 aromatic rings. The molecule has 172 valence electrons. The van der Waals surface area contributed by atoms with Gasteiger partial charge in [0.1, 0.15) is 0 Å². The highest BCUT2D eigenvalue weighted by Crippen LogP contribution is 2.50. The molecule has 0 saturated heterocycles. The van der Waals surface area contributed by atoms with Crippen LogP contribution in [-0.4, -0.2) is 10.8 Å². The van der Waals surface area contributed by atoms with Crippen molar-refractivity contribution in [1.29, 1.82) is 0 Å². The fourth-order valence-corrected chi connectivity index (χ4v) is 5.60. The largest absolute Gasteiger partial charge is 0.365 e. The van der Waals surface area contributed by atoms with Crippen molar-refractivity contribution in [3.8, 4) is 11.3 Å². The van der Waals surface area contributed by atoms with Gasteiger partial charge in [-0.15, -0.1) is 0 Å². The number of H-pyrrole nitrogens is 1. The van der Waals surface area contributed by atoms with Gasteiger partial charge in [-0.1, -0.05) is 70.7 Å². The van der Waals surface area contributed by atoms with Gasteiger partial charge < -0.3 is 10.3 Å². The first-order valence-electron chi connectivity index (χ1n) is 11.5. The zero-order chi connectivity index (χ0) is 24.3. The summed E-state index contributed by atoms with van der Waals surface area (Å²) in [5.41, 5.74) is 6.79. The smallest absolute Gasteiger partial charge is 0.199 e. The van der Waals surface area contributed by atoms with Crippen molar-refractivity contribution < 1.29 is 4.79 Å². The van der Waals surface area contributed by atoms with E-state index in [9.17, 15) is 4.79 Å². The maximum Gasteiger partial charge on any atom is 0.199 e. The van der Waals surface area contributed by atoms with E-state index in [0.717, 1.165) is 50.1 Å². The van der Waals surface area contributed by atoms with Crippen LogP contribution in [0, 0.1) is 13.8 Å². The third-order valence-electron chi connectivity index (χ3n) is 6.78. The van der Waals surface area contributed by atoms with Crippen LogP contribution in [0.5, 0.6) is 0 Å². The Morgan fingerprint density at radius 1 is 0.771 bits per heavy atom. The number of aromatic nitrogens is 1. The molecule has 1 unspecified atom stereocenters. The third-order valence-corrected chi connectivity index (χ3v) is 7.25. The quantitative estimate of drug-likeness (QED) is 0.263. The van der Waals surface area contributed by atoms with Crippen molar-refractivity contribution in [2.75, 3.05) is 5.32 Å². The summed E-state index contributed by atoms with van der Waals surface area (Å²) in [5.74, 6) is -0.0100. The summed E-state index contributed by atoms with van der Waals surface area (Å²) >= 11 is 12.9. The van der Waals surface area contributed by atoms with Crippen LogP contribution in [0.1, 0.15) is 32.6 Å². The molecule has 0 amide bonds. The van der Waals surface area contributed by atoms with Crippen LogP contribution in [0.4, 0.5) is 5.69 Å². The van der Waals surface area contributed by atoms with Gasteiger partial charge in [-0.2, -0.15) is 0 Å². The number of anilines is 1. The Morgan fingerprint density at radius 2 is 1.49 bits per heavy atom. The lowest BCUT2D eigenvalue weighted by atomic mass is 9.77. The number of carbonyl (C=O) groups excluding carboxylic acids is 1. The Hall–Kier alpha value is -3.53. The lowest BCUT2D eigenvalue weighted by molar-refractivity contribution is 0.0942. The summed E-state index contributed by atoms with van der Waals surface area (Å²) in [6, 6.07) is 27.5. The molecule has 2 N–H and O–H groups in total. The van der Waals surface area contributed by atoms with Gasteiger partial charge >= 0.3 is 0 Å². The van der Waals surface area contributed by atoms with Gasteiger partial charge in [0.15, 0.2) is 11.3 Å². The highest BCUT2D eigenvalue weighted by Gasteiger charge is 2.51. The first-order valence-corrected chi connectivity index (χ1v) is 12.2. The molecule has 0 radical (unpaired) electrons. The Labute approximate surface area is 213 Å². The monoisotopic (exact) mass is 496 g/mol. The van der Waals surface area contributed by atoms with Crippen LogP contribution in [0.15, 0.2) is 84.9 Å². The van der Waals surface area contributed by atoms with Crippen molar-refractivity contribution in [2.45, 2.75) is 19.4 Å². The van der Waals surface area contributed by atoms with Gasteiger partial charge in [-0.25, -0.2) is 0 Å². The highest BCUT2D eigenvalue weighted by molar-refractivity contribution is 6.31. The summed E-state index contributed by atoms with van der Waals surface area (Å²) in [6.45, 7) is 4.06. The van der Waals surface area contributed by atoms with Crippen LogP contribution in [0.3, 0.4) is 0 Å². The van der Waals surface area contributed by atoms with E-state index in [2.05, 4.69) is 35.4 Å². The van der Waals surface area contributed by atoms with Crippen molar-refractivity contribution in [1.82, 2.24) is 4.98 Å². The minimum atomic E-state index is -1.18. The molecule has 0 fully saturated rings. The van der Waals surface area contributed by atoms with Crippen LogP contribution in [-0.2, 0) is 5.54 Å². The van der Waals surface area contributed by atoms with E-state index in [4.69, 9.17) is 23.2 Å². The Morgan fingerprint density at radius 3 is 2.26 bits per heavy atom. The molecule has 0 aliphatic carbocycles. The van der Waals surface area contributed by atoms with E-state index in [1.165, 1.54) is 0 Å². The molecule has 6 rings (SSSR count). The second-order valence-corrected chi connectivity index (χ2v) is 10.1. The molecule has 5 heteroatoms. The Bertz CT molecular complexity index is 1650. The number of nitrogens with one attached hydrogen (secondary N) is 2. The van der Waals surface area contributed by atoms with E-state index >= 15 is 0 Å². The van der Waals surface area contributed by atoms with Crippen molar-refractivity contribution in [3.63, 3.8) is 0 Å². The number of hydrogen-bond donors (Lipinski definition) is 2. The number of rotatable bonds is 3. The second-order valence-electron chi connectivity index (χ2n) is 9.20. The maximum absolute atomic E-state index is 14.5. The standard InChI is InChI=1S/C30H22Cl2N2O/c1-17-9-11-25-23(13-17)27(28(33-25)19-5-3-7-21(31)15-19)30(20-6-4-8-22(32)16-20)29(35)24-14-18(2)10-12-26(24)34-30/h3-16,33-34H,1-2H3. The highest BCUT2D eigenvalue weighted by atomic mass is 35.5. The average Bonchev–Trinajstić information content (AvgIpc) is 3.35. The van der Waals surface area contributed by atoms with E-state index in [1.807, 2.05) is 73.7 Å². The molecule has 1 atom stereocenters. The number of Topliss-reactive ketones (excluding diaryl/α,β-unsaturated/α-hetero) is 1. The minimum absolute atomic E-state index is 0.0100. The number of aromatic amines is 1. The molecule has 0 saturated carbocycles. The third kappa shape index (κ3) is 3.38.